The molecule has 0 atom stereocenters. The van der Waals surface area contributed by atoms with Crippen molar-refractivity contribution in [3.05, 3.63) is 0 Å². The van der Waals surface area contributed by atoms with Crippen molar-refractivity contribution in [3.8, 4) is 0 Å². The summed E-state index contributed by atoms with van der Waals surface area (Å²) in [6.45, 7) is 0. The standard InChI is InChI=1S/C17H33P3/c1-2-9-18(8-1)12-5-17-6-13-20(14-7-17)16-15-19-10-3-4-11-19/h17H,1-16H2. The molecular weight excluding hydrogens is 297 g/mol. The average molecular weight is 330 g/mol. The molecule has 0 nitrogen and oxygen atoms in total. The zero-order chi connectivity index (χ0) is 13.6. The van der Waals surface area contributed by atoms with Gasteiger partial charge < -0.3 is 0 Å². The number of hydrogen-bond donors (Lipinski definition) is 0. The van der Waals surface area contributed by atoms with E-state index in [4.69, 9.17) is 0 Å². The SMILES string of the molecule is C1CCP(CCC2CCP(CCP3CCCC3)CC2)C1. The van der Waals surface area contributed by atoms with Gasteiger partial charge in [0.25, 0.3) is 0 Å². The predicted molar refractivity (Wildman–Crippen MR) is 100 cm³/mol. The summed E-state index contributed by atoms with van der Waals surface area (Å²) in [5.74, 6) is 1.15. The average Bonchev–Trinajstić information content (AvgIpc) is 3.17. The molecule has 3 heteroatoms. The first-order valence-corrected chi connectivity index (χ1v) is 14.8. The van der Waals surface area contributed by atoms with E-state index in [2.05, 4.69) is 0 Å². The second kappa shape index (κ2) is 8.80. The molecule has 3 aliphatic rings. The summed E-state index contributed by atoms with van der Waals surface area (Å²) in [5.41, 5.74) is 0. The van der Waals surface area contributed by atoms with Crippen LogP contribution in [0, 0.1) is 5.92 Å². The van der Waals surface area contributed by atoms with Gasteiger partial charge in [-0.3, -0.25) is 0 Å². The minimum Gasteiger partial charge on any atom is -0.107 e. The quantitative estimate of drug-likeness (QED) is 0.538. The van der Waals surface area contributed by atoms with E-state index in [1.807, 2.05) is 0 Å². The lowest BCUT2D eigenvalue weighted by atomic mass is 10.0. The van der Waals surface area contributed by atoms with Crippen LogP contribution in [-0.4, -0.2) is 55.5 Å². The van der Waals surface area contributed by atoms with E-state index in [-0.39, 0.29) is 0 Å². The van der Waals surface area contributed by atoms with Crippen LogP contribution >= 0.6 is 23.8 Å². The topological polar surface area (TPSA) is 0 Å². The monoisotopic (exact) mass is 330 g/mol. The van der Waals surface area contributed by atoms with Crippen molar-refractivity contribution in [2.45, 2.75) is 44.9 Å². The fourth-order valence-corrected chi connectivity index (χ4v) is 13.3. The summed E-state index contributed by atoms with van der Waals surface area (Å²) >= 11 is 0. The highest BCUT2D eigenvalue weighted by Crippen LogP contribution is 2.51. The molecule has 0 bridgehead atoms. The third kappa shape index (κ3) is 5.18. The maximum Gasteiger partial charge on any atom is -0.0286 e. The van der Waals surface area contributed by atoms with Gasteiger partial charge in [0.2, 0.25) is 0 Å². The molecule has 3 aliphatic heterocycles. The van der Waals surface area contributed by atoms with Gasteiger partial charge in [0, 0.05) is 0 Å². The van der Waals surface area contributed by atoms with E-state index in [9.17, 15) is 0 Å². The van der Waals surface area contributed by atoms with Gasteiger partial charge in [-0.25, -0.2) is 0 Å². The van der Waals surface area contributed by atoms with Crippen molar-refractivity contribution in [2.75, 3.05) is 55.5 Å². The Kier molecular flexibility index (Phi) is 7.11. The third-order valence-corrected chi connectivity index (χ3v) is 14.2. The van der Waals surface area contributed by atoms with E-state index in [1.54, 1.807) is 100 Å². The maximum absolute atomic E-state index is 1.67. The Labute approximate surface area is 130 Å². The third-order valence-electron chi connectivity index (χ3n) is 5.69. The second-order valence-electron chi connectivity index (χ2n) is 7.17. The van der Waals surface area contributed by atoms with Crippen LogP contribution in [-0.2, 0) is 0 Å². The second-order valence-corrected chi connectivity index (χ2v) is 15.2. The molecule has 0 aromatic rings. The van der Waals surface area contributed by atoms with Crippen LogP contribution < -0.4 is 0 Å². The molecule has 0 spiro atoms. The Bertz CT molecular complexity index is 233. The smallest absolute Gasteiger partial charge is 0.0286 e. The van der Waals surface area contributed by atoms with E-state index in [0.717, 1.165) is 5.92 Å². The fourth-order valence-electron chi connectivity index (χ4n) is 4.16. The van der Waals surface area contributed by atoms with Crippen molar-refractivity contribution in [1.29, 1.82) is 0 Å². The normalized spacial score (nSPS) is 33.0. The Morgan fingerprint density at radius 3 is 1.55 bits per heavy atom. The molecule has 0 aromatic carbocycles. The molecule has 20 heavy (non-hydrogen) atoms. The van der Waals surface area contributed by atoms with Gasteiger partial charge in [0.05, 0.1) is 0 Å². The van der Waals surface area contributed by atoms with Crippen LogP contribution in [0.4, 0.5) is 0 Å². The molecular formula is C17H33P3. The first kappa shape index (κ1) is 16.2. The van der Waals surface area contributed by atoms with Gasteiger partial charge in [-0.05, 0) is 106 Å². The highest BCUT2D eigenvalue weighted by molar-refractivity contribution is 7.61. The lowest BCUT2D eigenvalue weighted by Gasteiger charge is -2.30. The molecule has 0 amide bonds. The van der Waals surface area contributed by atoms with Crippen molar-refractivity contribution in [2.24, 2.45) is 5.92 Å². The minimum atomic E-state index is 0.486. The molecule has 0 saturated carbocycles. The van der Waals surface area contributed by atoms with Crippen molar-refractivity contribution in [1.82, 2.24) is 0 Å². The molecule has 116 valence electrons. The van der Waals surface area contributed by atoms with Crippen molar-refractivity contribution < 1.29 is 0 Å². The highest BCUT2D eigenvalue weighted by atomic mass is 31.1. The highest BCUT2D eigenvalue weighted by Gasteiger charge is 2.23. The van der Waals surface area contributed by atoms with E-state index < -0.39 is 0 Å². The molecule has 3 fully saturated rings. The summed E-state index contributed by atoms with van der Waals surface area (Å²) in [5, 5.41) is 0. The van der Waals surface area contributed by atoms with Crippen LogP contribution in [0.3, 0.4) is 0 Å². The zero-order valence-corrected chi connectivity index (χ0v) is 15.9. The molecule has 3 heterocycles. The Morgan fingerprint density at radius 1 is 0.550 bits per heavy atom. The first-order valence-electron chi connectivity index (χ1n) is 9.07. The lowest BCUT2D eigenvalue weighted by molar-refractivity contribution is 0.472. The molecule has 0 aromatic heterocycles. The van der Waals surface area contributed by atoms with Crippen LogP contribution in [0.2, 0.25) is 0 Å². The van der Waals surface area contributed by atoms with Crippen LogP contribution in [0.5, 0.6) is 0 Å². The van der Waals surface area contributed by atoms with Gasteiger partial charge in [-0.1, -0.05) is 0 Å². The largest absolute Gasteiger partial charge is 0.107 e. The van der Waals surface area contributed by atoms with Crippen molar-refractivity contribution >= 4 is 23.8 Å². The minimum absolute atomic E-state index is 0.486. The summed E-state index contributed by atoms with van der Waals surface area (Å²) < 4.78 is 0. The Morgan fingerprint density at radius 2 is 1.00 bits per heavy atom. The van der Waals surface area contributed by atoms with Crippen LogP contribution in [0.25, 0.3) is 0 Å². The predicted octanol–water partition coefficient (Wildman–Crippen LogP) is 5.82. The van der Waals surface area contributed by atoms with Gasteiger partial charge in [0.15, 0.2) is 0 Å². The molecule has 3 rings (SSSR count). The van der Waals surface area contributed by atoms with Gasteiger partial charge in [0.1, 0.15) is 0 Å². The van der Waals surface area contributed by atoms with E-state index >= 15 is 0 Å². The van der Waals surface area contributed by atoms with Crippen LogP contribution in [0.1, 0.15) is 44.9 Å². The molecule has 0 unspecified atom stereocenters. The summed E-state index contributed by atoms with van der Waals surface area (Å²) in [6.07, 6.45) is 25.9. The van der Waals surface area contributed by atoms with Gasteiger partial charge in [-0.2, -0.15) is 0 Å². The van der Waals surface area contributed by atoms with Crippen molar-refractivity contribution in [3.63, 3.8) is 0 Å². The lowest BCUT2D eigenvalue weighted by Crippen LogP contribution is -2.15. The zero-order valence-electron chi connectivity index (χ0n) is 13.2. The van der Waals surface area contributed by atoms with Gasteiger partial charge >= 0.3 is 0 Å². The Balaban J connectivity index is 1.26. The number of rotatable bonds is 6. The van der Waals surface area contributed by atoms with E-state index in [1.165, 1.54) is 0 Å². The first-order chi connectivity index (χ1) is 9.90. The Hall–Kier alpha value is 1.29. The van der Waals surface area contributed by atoms with E-state index in [0.29, 0.717) is 23.8 Å². The molecule has 0 aliphatic carbocycles. The fraction of sp³-hybridized carbons (Fsp3) is 1.00. The summed E-state index contributed by atoms with van der Waals surface area (Å²) in [7, 11) is 1.52. The maximum atomic E-state index is 1.67. The summed E-state index contributed by atoms with van der Waals surface area (Å²) in [6, 6.07) is 0. The molecule has 3 saturated heterocycles. The van der Waals surface area contributed by atoms with Crippen LogP contribution in [0.15, 0.2) is 0 Å². The molecule has 0 radical (unpaired) electrons. The molecule has 0 N–H and O–H groups in total. The van der Waals surface area contributed by atoms with Gasteiger partial charge in [-0.15, -0.1) is 23.8 Å². The summed E-state index contributed by atoms with van der Waals surface area (Å²) in [4.78, 5) is 0. The number of hydrogen-bond acceptors (Lipinski definition) is 0.